The van der Waals surface area contributed by atoms with Gasteiger partial charge in [-0.25, -0.2) is 4.79 Å². The van der Waals surface area contributed by atoms with Gasteiger partial charge in [0.05, 0.1) is 5.56 Å². The SMILES string of the molecule is O=C(/C=C/c1ccc(Cl)cc1)c1ccc(OC(=O)c2ccc(Br)cc2)cc1. The molecule has 0 spiro atoms. The lowest BCUT2D eigenvalue weighted by Gasteiger charge is -2.05. The molecule has 0 aromatic heterocycles. The molecular weight excluding hydrogens is 428 g/mol. The maximum absolute atomic E-state index is 12.2. The van der Waals surface area contributed by atoms with Crippen molar-refractivity contribution in [1.29, 1.82) is 0 Å². The van der Waals surface area contributed by atoms with Gasteiger partial charge in [0.25, 0.3) is 0 Å². The molecule has 134 valence electrons. The van der Waals surface area contributed by atoms with Crippen molar-refractivity contribution in [3.8, 4) is 5.75 Å². The highest BCUT2D eigenvalue weighted by Crippen LogP contribution is 2.17. The van der Waals surface area contributed by atoms with Gasteiger partial charge in [-0.15, -0.1) is 0 Å². The molecule has 3 nitrogen and oxygen atoms in total. The van der Waals surface area contributed by atoms with Gasteiger partial charge >= 0.3 is 5.97 Å². The van der Waals surface area contributed by atoms with E-state index in [1.807, 2.05) is 12.1 Å². The minimum absolute atomic E-state index is 0.143. The number of carbonyl (C=O) groups is 2. The first-order valence-electron chi connectivity index (χ1n) is 8.07. The normalized spacial score (nSPS) is 10.7. The van der Waals surface area contributed by atoms with E-state index in [1.165, 1.54) is 6.08 Å². The van der Waals surface area contributed by atoms with E-state index in [0.717, 1.165) is 10.0 Å². The van der Waals surface area contributed by atoms with Crippen molar-refractivity contribution in [3.63, 3.8) is 0 Å². The molecule has 0 radical (unpaired) electrons. The maximum atomic E-state index is 12.2. The molecule has 0 saturated carbocycles. The summed E-state index contributed by atoms with van der Waals surface area (Å²) in [6, 6.07) is 20.5. The number of allylic oxidation sites excluding steroid dienone is 1. The molecule has 0 amide bonds. The van der Waals surface area contributed by atoms with Crippen LogP contribution < -0.4 is 4.74 Å². The van der Waals surface area contributed by atoms with Crippen molar-refractivity contribution in [3.05, 3.63) is 105 Å². The Balaban J connectivity index is 1.64. The fraction of sp³-hybridized carbons (Fsp3) is 0. The molecule has 5 heteroatoms. The Morgan fingerprint density at radius 2 is 1.41 bits per heavy atom. The lowest BCUT2D eigenvalue weighted by Crippen LogP contribution is -2.08. The second kappa shape index (κ2) is 8.80. The van der Waals surface area contributed by atoms with Crippen LogP contribution in [-0.2, 0) is 0 Å². The number of halogens is 2. The molecule has 0 aliphatic heterocycles. The number of benzene rings is 3. The summed E-state index contributed by atoms with van der Waals surface area (Å²) in [5, 5.41) is 0.645. The smallest absolute Gasteiger partial charge is 0.343 e. The second-order valence-corrected chi connectivity index (χ2v) is 7.02. The summed E-state index contributed by atoms with van der Waals surface area (Å²) in [4.78, 5) is 24.3. The lowest BCUT2D eigenvalue weighted by molar-refractivity contribution is 0.0734. The topological polar surface area (TPSA) is 43.4 Å². The van der Waals surface area contributed by atoms with Gasteiger partial charge in [0, 0.05) is 15.1 Å². The van der Waals surface area contributed by atoms with Gasteiger partial charge in [-0.1, -0.05) is 45.7 Å². The summed E-state index contributed by atoms with van der Waals surface area (Å²) in [6.07, 6.45) is 3.21. The van der Waals surface area contributed by atoms with Gasteiger partial charge in [-0.3, -0.25) is 4.79 Å². The molecule has 3 aromatic rings. The maximum Gasteiger partial charge on any atom is 0.343 e. The van der Waals surface area contributed by atoms with Crippen molar-refractivity contribution in [1.82, 2.24) is 0 Å². The average Bonchev–Trinajstić information content (AvgIpc) is 2.68. The summed E-state index contributed by atoms with van der Waals surface area (Å²) < 4.78 is 6.20. The van der Waals surface area contributed by atoms with E-state index in [-0.39, 0.29) is 5.78 Å². The predicted molar refractivity (Wildman–Crippen MR) is 110 cm³/mol. The van der Waals surface area contributed by atoms with E-state index in [9.17, 15) is 9.59 Å². The van der Waals surface area contributed by atoms with Crippen LogP contribution in [0.1, 0.15) is 26.3 Å². The fourth-order valence-electron chi connectivity index (χ4n) is 2.28. The van der Waals surface area contributed by atoms with Crippen molar-refractivity contribution >= 4 is 45.4 Å². The zero-order valence-corrected chi connectivity index (χ0v) is 16.4. The first-order valence-corrected chi connectivity index (χ1v) is 9.24. The number of carbonyl (C=O) groups excluding carboxylic acids is 2. The Bertz CT molecular complexity index is 976. The Morgan fingerprint density at radius 1 is 0.815 bits per heavy atom. The van der Waals surface area contributed by atoms with E-state index in [4.69, 9.17) is 16.3 Å². The van der Waals surface area contributed by atoms with Crippen molar-refractivity contribution < 1.29 is 14.3 Å². The van der Waals surface area contributed by atoms with Crippen LogP contribution in [-0.4, -0.2) is 11.8 Å². The number of rotatable bonds is 5. The summed E-state index contributed by atoms with van der Waals surface area (Å²) in [5.74, 6) is -0.221. The molecule has 0 aliphatic rings. The zero-order valence-electron chi connectivity index (χ0n) is 14.1. The van der Waals surface area contributed by atoms with E-state index >= 15 is 0 Å². The zero-order chi connectivity index (χ0) is 19.2. The van der Waals surface area contributed by atoms with Gasteiger partial charge in [-0.2, -0.15) is 0 Å². The van der Waals surface area contributed by atoms with Crippen molar-refractivity contribution in [2.75, 3.05) is 0 Å². The van der Waals surface area contributed by atoms with E-state index in [1.54, 1.807) is 66.7 Å². The highest BCUT2D eigenvalue weighted by molar-refractivity contribution is 9.10. The summed E-state index contributed by atoms with van der Waals surface area (Å²) in [7, 11) is 0. The quantitative estimate of drug-likeness (QED) is 0.204. The van der Waals surface area contributed by atoms with Crippen molar-refractivity contribution in [2.24, 2.45) is 0 Å². The lowest BCUT2D eigenvalue weighted by atomic mass is 10.1. The molecule has 0 saturated heterocycles. The molecule has 3 aromatic carbocycles. The van der Waals surface area contributed by atoms with Crippen LogP contribution in [0.5, 0.6) is 5.75 Å². The molecule has 0 fully saturated rings. The largest absolute Gasteiger partial charge is 0.423 e. The van der Waals surface area contributed by atoms with Crippen LogP contribution in [0, 0.1) is 0 Å². The van der Waals surface area contributed by atoms with Gasteiger partial charge in [0.15, 0.2) is 5.78 Å². The van der Waals surface area contributed by atoms with Crippen LogP contribution >= 0.6 is 27.5 Å². The molecule has 0 N–H and O–H groups in total. The third kappa shape index (κ3) is 5.39. The number of ketones is 1. The molecule has 0 atom stereocenters. The number of ether oxygens (including phenoxy) is 1. The predicted octanol–water partition coefficient (Wildman–Crippen LogP) is 6.22. The summed E-state index contributed by atoms with van der Waals surface area (Å²) in [6.45, 7) is 0. The molecule has 0 heterocycles. The summed E-state index contributed by atoms with van der Waals surface area (Å²) in [5.41, 5.74) is 1.83. The average molecular weight is 442 g/mol. The minimum atomic E-state index is -0.454. The fourth-order valence-corrected chi connectivity index (χ4v) is 2.67. The number of esters is 1. The van der Waals surface area contributed by atoms with Crippen LogP contribution in [0.3, 0.4) is 0 Å². The monoisotopic (exact) mass is 440 g/mol. The second-order valence-electron chi connectivity index (χ2n) is 5.67. The molecule has 27 heavy (non-hydrogen) atoms. The molecule has 0 bridgehead atoms. The standard InChI is InChI=1S/C22H14BrClO3/c23-18-8-4-17(5-9-18)22(26)27-20-12-6-16(7-13-20)21(25)14-3-15-1-10-19(24)11-2-15/h1-14H/b14-3+. The Kier molecular flexibility index (Phi) is 6.22. The van der Waals surface area contributed by atoms with Gasteiger partial charge < -0.3 is 4.74 Å². The molecule has 0 unspecified atom stereocenters. The third-order valence-electron chi connectivity index (χ3n) is 3.73. The van der Waals surface area contributed by atoms with E-state index in [2.05, 4.69) is 15.9 Å². The Hall–Kier alpha value is -2.69. The van der Waals surface area contributed by atoms with E-state index < -0.39 is 5.97 Å². The molecular formula is C22H14BrClO3. The third-order valence-corrected chi connectivity index (χ3v) is 4.51. The Labute approximate surface area is 170 Å². The van der Waals surface area contributed by atoms with Gasteiger partial charge in [0.1, 0.15) is 5.75 Å². The summed E-state index contributed by atoms with van der Waals surface area (Å²) >= 11 is 9.16. The van der Waals surface area contributed by atoms with Crippen LogP contribution in [0.4, 0.5) is 0 Å². The first kappa shape index (κ1) is 19.1. The van der Waals surface area contributed by atoms with Crippen LogP contribution in [0.2, 0.25) is 5.02 Å². The van der Waals surface area contributed by atoms with Crippen LogP contribution in [0.25, 0.3) is 6.08 Å². The van der Waals surface area contributed by atoms with Crippen LogP contribution in [0.15, 0.2) is 83.3 Å². The number of hydrogen-bond acceptors (Lipinski definition) is 3. The van der Waals surface area contributed by atoms with Gasteiger partial charge in [-0.05, 0) is 72.3 Å². The first-order chi connectivity index (χ1) is 13.0. The highest BCUT2D eigenvalue weighted by Gasteiger charge is 2.09. The van der Waals surface area contributed by atoms with Crippen molar-refractivity contribution in [2.45, 2.75) is 0 Å². The molecule has 3 rings (SSSR count). The molecule has 0 aliphatic carbocycles. The highest BCUT2D eigenvalue weighted by atomic mass is 79.9. The number of hydrogen-bond donors (Lipinski definition) is 0. The van der Waals surface area contributed by atoms with E-state index in [0.29, 0.717) is 21.9 Å². The van der Waals surface area contributed by atoms with Gasteiger partial charge in [0.2, 0.25) is 0 Å². The minimum Gasteiger partial charge on any atom is -0.423 e. The Morgan fingerprint density at radius 3 is 2.04 bits per heavy atom.